The summed E-state index contributed by atoms with van der Waals surface area (Å²) in [5, 5.41) is 34.4. The van der Waals surface area contributed by atoms with Crippen molar-refractivity contribution < 1.29 is 61.1 Å². The van der Waals surface area contributed by atoms with Gasteiger partial charge in [0.25, 0.3) is 5.56 Å². The number of aromatic amines is 1. The molecular formula is C61H75FN3O14PSi. The number of nitrogens with zero attached hydrogens (tertiary/aromatic N) is 2. The van der Waals surface area contributed by atoms with Gasteiger partial charge in [0.1, 0.15) is 47.6 Å². The van der Waals surface area contributed by atoms with Crippen molar-refractivity contribution in [2.24, 2.45) is 28.6 Å². The van der Waals surface area contributed by atoms with Crippen molar-refractivity contribution in [1.29, 1.82) is 5.26 Å². The standard InChI is InChI=1S/C61H75FN3O14PSi/c1-38-33-47-46-26-21-42-34-43(66)27-29-57(42,5)60(46,62)49(67)35-58(47,6)61(38,71)50(68)37-76-80(75-32-14-30-63)78-52-48(77-54(65-31-28-51(69)64-55(65)70)53(52)79-81(9,10)56(2,3)4)36-74-59(39-15-12-11-13-16-39,40-17-22-44(72-7)23-18-40)41-19-24-45(73-8)25-20-41/h11-13,15-20,22-25,27-29,31,34,38,46-49,52-54,67,71H,14,21,26,32-33,35-37H2,1-10H3,(H,64,69,70)/t38-,46+,47+,48-,49+,52-,53-,54-,57+,58+,60+,61+,80?/m1/s1. The highest BCUT2D eigenvalue weighted by Crippen LogP contribution is 2.71. The van der Waals surface area contributed by atoms with E-state index in [1.54, 1.807) is 41.1 Å². The van der Waals surface area contributed by atoms with E-state index >= 15 is 9.18 Å². The number of rotatable bonds is 20. The van der Waals surface area contributed by atoms with Crippen LogP contribution in [0.25, 0.3) is 0 Å². The zero-order chi connectivity index (χ0) is 58.5. The summed E-state index contributed by atoms with van der Waals surface area (Å²) in [5.74, 6) is -1.75. The quantitative estimate of drug-likeness (QED) is 0.0324. The fourth-order valence-corrected chi connectivity index (χ4v) is 15.9. The van der Waals surface area contributed by atoms with Crippen LogP contribution >= 0.6 is 8.60 Å². The van der Waals surface area contributed by atoms with Crippen LogP contribution in [-0.2, 0) is 42.7 Å². The van der Waals surface area contributed by atoms with Gasteiger partial charge in [-0.25, -0.2) is 9.18 Å². The molecule has 0 radical (unpaired) electrons. The highest BCUT2D eigenvalue weighted by Gasteiger charge is 2.75. The number of carbonyl (C=O) groups excluding carboxylic acids is 2. The number of hydrogen-bond donors (Lipinski definition) is 3. The first-order chi connectivity index (χ1) is 38.3. The minimum Gasteiger partial charge on any atom is -0.497 e. The second kappa shape index (κ2) is 22.9. The second-order valence-electron chi connectivity index (χ2n) is 24.1. The summed E-state index contributed by atoms with van der Waals surface area (Å²) in [6, 6.07) is 27.8. The van der Waals surface area contributed by atoms with Crippen molar-refractivity contribution in [1.82, 2.24) is 9.55 Å². The van der Waals surface area contributed by atoms with E-state index in [2.05, 4.69) is 11.1 Å². The number of nitrogens with one attached hydrogen (secondary N) is 1. The lowest BCUT2D eigenvalue weighted by atomic mass is 9.44. The van der Waals surface area contributed by atoms with E-state index < -0.39 is 122 Å². The first-order valence-corrected chi connectivity index (χ1v) is 31.6. The van der Waals surface area contributed by atoms with E-state index in [1.807, 2.05) is 113 Å². The van der Waals surface area contributed by atoms with Gasteiger partial charge in [-0.2, -0.15) is 5.26 Å². The number of methoxy groups -OCH3 is 2. The van der Waals surface area contributed by atoms with Crippen LogP contribution in [-0.4, -0.2) is 109 Å². The minimum absolute atomic E-state index is 0.0973. The van der Waals surface area contributed by atoms with Crippen molar-refractivity contribution in [3.8, 4) is 17.6 Å². The van der Waals surface area contributed by atoms with E-state index in [4.69, 9.17) is 36.9 Å². The maximum atomic E-state index is 18.1. The summed E-state index contributed by atoms with van der Waals surface area (Å²) in [6.07, 6.45) is -0.0234. The molecule has 17 nitrogen and oxygen atoms in total. The summed E-state index contributed by atoms with van der Waals surface area (Å²) >= 11 is 0. The normalized spacial score (nSPS) is 31.3. The van der Waals surface area contributed by atoms with E-state index in [0.717, 1.165) is 5.56 Å². The number of aromatic nitrogens is 2. The molecule has 13 atom stereocenters. The Bertz CT molecular complexity index is 3130. The molecule has 1 aliphatic heterocycles. The molecule has 4 aliphatic carbocycles. The van der Waals surface area contributed by atoms with Crippen LogP contribution in [0.5, 0.6) is 11.5 Å². The number of alkyl halides is 1. The maximum Gasteiger partial charge on any atom is 0.333 e. The summed E-state index contributed by atoms with van der Waals surface area (Å²) in [5.41, 5.74) is -6.91. The molecule has 1 saturated heterocycles. The Labute approximate surface area is 474 Å². The summed E-state index contributed by atoms with van der Waals surface area (Å²) < 4.78 is 71.8. The van der Waals surface area contributed by atoms with E-state index in [9.17, 15) is 29.9 Å². The number of ether oxygens (including phenoxy) is 4. The van der Waals surface area contributed by atoms with Crippen molar-refractivity contribution in [3.05, 3.63) is 152 Å². The topological polar surface area (TPSA) is 227 Å². The molecule has 434 valence electrons. The van der Waals surface area contributed by atoms with Crippen LogP contribution in [0.3, 0.4) is 0 Å². The van der Waals surface area contributed by atoms with Crippen LogP contribution in [0.15, 0.2) is 125 Å². The van der Waals surface area contributed by atoms with Gasteiger partial charge in [-0.3, -0.25) is 23.9 Å². The van der Waals surface area contributed by atoms with E-state index in [0.29, 0.717) is 41.0 Å². The molecular weight excluding hydrogens is 1080 g/mol. The molecule has 0 spiro atoms. The highest BCUT2D eigenvalue weighted by molar-refractivity contribution is 7.41. The van der Waals surface area contributed by atoms with Gasteiger partial charge in [0, 0.05) is 29.0 Å². The highest BCUT2D eigenvalue weighted by atomic mass is 31.2. The number of Topliss-reactive ketones (excluding diaryl/α,β-unsaturated/α-hetero) is 1. The molecule has 2 heterocycles. The largest absolute Gasteiger partial charge is 0.497 e. The fraction of sp³-hybridized carbons (Fsp3) is 0.525. The number of H-pyrrole nitrogens is 1. The number of benzene rings is 3. The lowest BCUT2D eigenvalue weighted by Gasteiger charge is -2.62. The van der Waals surface area contributed by atoms with Crippen LogP contribution in [0, 0.1) is 39.9 Å². The number of nitriles is 1. The number of fused-ring (bicyclic) bond motifs is 5. The summed E-state index contributed by atoms with van der Waals surface area (Å²) in [6.45, 7) is 14.2. The third-order valence-corrected chi connectivity index (χ3v) is 24.5. The molecule has 81 heavy (non-hydrogen) atoms. The Morgan fingerprint density at radius 3 is 2.15 bits per heavy atom. The molecule has 3 aromatic carbocycles. The molecule has 1 unspecified atom stereocenters. The third kappa shape index (κ3) is 10.5. The molecule has 5 aliphatic rings. The van der Waals surface area contributed by atoms with E-state index in [1.165, 1.54) is 29.0 Å². The number of ketones is 2. The summed E-state index contributed by atoms with van der Waals surface area (Å²) in [4.78, 5) is 56.4. The van der Waals surface area contributed by atoms with Gasteiger partial charge in [0.05, 0.1) is 46.0 Å². The Kier molecular flexibility index (Phi) is 17.0. The lowest BCUT2D eigenvalue weighted by Crippen LogP contribution is -2.69. The maximum absolute atomic E-state index is 18.1. The number of carbonyl (C=O) groups is 2. The van der Waals surface area contributed by atoms with Gasteiger partial charge in [-0.15, -0.1) is 0 Å². The van der Waals surface area contributed by atoms with Crippen molar-refractivity contribution in [2.75, 3.05) is 34.0 Å². The van der Waals surface area contributed by atoms with Crippen LogP contribution in [0.2, 0.25) is 18.1 Å². The minimum atomic E-state index is -2.89. The van der Waals surface area contributed by atoms with Crippen molar-refractivity contribution >= 4 is 28.5 Å². The number of aliphatic hydroxyl groups excluding tert-OH is 1. The average molecular weight is 1150 g/mol. The van der Waals surface area contributed by atoms with Gasteiger partial charge >= 0.3 is 14.3 Å². The van der Waals surface area contributed by atoms with Gasteiger partial charge in [0.15, 0.2) is 31.8 Å². The molecule has 3 N–H and O–H groups in total. The predicted molar refractivity (Wildman–Crippen MR) is 302 cm³/mol. The van der Waals surface area contributed by atoms with Gasteiger partial charge in [-0.05, 0) is 116 Å². The second-order valence-corrected chi connectivity index (χ2v) is 30.1. The molecule has 0 amide bonds. The van der Waals surface area contributed by atoms with E-state index in [-0.39, 0.29) is 38.3 Å². The van der Waals surface area contributed by atoms with Crippen molar-refractivity contribution in [2.45, 2.75) is 139 Å². The Morgan fingerprint density at radius 1 is 0.926 bits per heavy atom. The first kappa shape index (κ1) is 60.1. The lowest BCUT2D eigenvalue weighted by molar-refractivity contribution is -0.219. The number of aliphatic hydroxyl groups is 2. The average Bonchev–Trinajstić information content (AvgIpc) is 2.90. The van der Waals surface area contributed by atoms with Crippen LogP contribution < -0.4 is 20.7 Å². The zero-order valence-electron chi connectivity index (χ0n) is 47.7. The molecule has 3 saturated carbocycles. The summed E-state index contributed by atoms with van der Waals surface area (Å²) in [7, 11) is -2.39. The van der Waals surface area contributed by atoms with Crippen LogP contribution in [0.4, 0.5) is 4.39 Å². The van der Waals surface area contributed by atoms with Gasteiger partial charge in [0.2, 0.25) is 0 Å². The smallest absolute Gasteiger partial charge is 0.333 e. The molecule has 9 rings (SSSR count). The fourth-order valence-electron chi connectivity index (χ4n) is 13.5. The SMILES string of the molecule is COc1ccc(C(OC[C@H]2O[C@@H](n3ccc(=O)[nH]c3=O)[C@H](O[Si](C)(C)C(C)(C)C)[C@@H]2OP(OCCC#N)OCC(=O)[C@@]2(O)[C@H](C)C[C@H]3[C@@H]4CCC5=CC(=O)C=C[C@]5(C)[C@@]4(F)[C@@H](O)C[C@@]32C)(c2ccccc2)c2ccc(OC)cc2)cc1. The Balaban J connectivity index is 1.10. The molecule has 4 aromatic rings. The van der Waals surface area contributed by atoms with Crippen LogP contribution in [0.1, 0.15) is 96.6 Å². The molecule has 0 bridgehead atoms. The number of halogens is 1. The molecule has 20 heteroatoms. The predicted octanol–water partition coefficient (Wildman–Crippen LogP) is 9.33. The first-order valence-electron chi connectivity index (χ1n) is 27.6. The Hall–Kier alpha value is -5.49. The van der Waals surface area contributed by atoms with Gasteiger partial charge in [-0.1, -0.05) is 101 Å². The number of hydrogen-bond acceptors (Lipinski definition) is 15. The third-order valence-electron chi connectivity index (χ3n) is 18.9. The Morgan fingerprint density at radius 2 is 1.56 bits per heavy atom. The van der Waals surface area contributed by atoms with Crippen molar-refractivity contribution in [3.63, 3.8) is 0 Å². The monoisotopic (exact) mass is 1150 g/mol. The van der Waals surface area contributed by atoms with Gasteiger partial charge < -0.3 is 47.2 Å². The number of allylic oxidation sites excluding steroid dienone is 4. The molecule has 1 aromatic heterocycles. The molecule has 4 fully saturated rings. The zero-order valence-corrected chi connectivity index (χ0v) is 49.6.